The highest BCUT2D eigenvalue weighted by Crippen LogP contribution is 2.22. The fourth-order valence-electron chi connectivity index (χ4n) is 0.985. The average Bonchev–Trinajstić information content (AvgIpc) is 1.82. The summed E-state index contributed by atoms with van der Waals surface area (Å²) < 4.78 is 0. The summed E-state index contributed by atoms with van der Waals surface area (Å²) in [5.74, 6) is 2.58. The first-order valence-corrected chi connectivity index (χ1v) is 4.91. The van der Waals surface area contributed by atoms with Gasteiger partial charge in [-0.25, -0.2) is 0 Å². The molecule has 1 aliphatic rings. The van der Waals surface area contributed by atoms with Crippen molar-refractivity contribution >= 4 is 11.8 Å². The van der Waals surface area contributed by atoms with Crippen LogP contribution in [0.1, 0.15) is 6.92 Å². The van der Waals surface area contributed by atoms with E-state index in [0.29, 0.717) is 6.04 Å². The van der Waals surface area contributed by atoms with E-state index in [1.54, 1.807) is 0 Å². The highest BCUT2D eigenvalue weighted by Gasteiger charge is 2.24. The molecule has 0 spiro atoms. The van der Waals surface area contributed by atoms with E-state index in [4.69, 9.17) is 5.73 Å². The topological polar surface area (TPSA) is 29.3 Å². The summed E-state index contributed by atoms with van der Waals surface area (Å²) in [5, 5.41) is 0. The fraction of sp³-hybridized carbons (Fsp3) is 1.00. The van der Waals surface area contributed by atoms with Crippen LogP contribution in [0.25, 0.3) is 0 Å². The minimum Gasteiger partial charge on any atom is -0.329 e. The van der Waals surface area contributed by atoms with Crippen LogP contribution in [0.3, 0.4) is 0 Å². The SMILES string of the molecule is CC(CN)N(C)C1CSC1. The van der Waals surface area contributed by atoms with Crippen molar-refractivity contribution in [1.29, 1.82) is 0 Å². The highest BCUT2D eigenvalue weighted by atomic mass is 32.2. The van der Waals surface area contributed by atoms with Gasteiger partial charge in [-0.3, -0.25) is 4.90 Å². The zero-order valence-corrected chi connectivity index (χ0v) is 7.53. The van der Waals surface area contributed by atoms with Crippen LogP contribution in [-0.2, 0) is 0 Å². The van der Waals surface area contributed by atoms with Crippen LogP contribution in [0.4, 0.5) is 0 Å². The lowest BCUT2D eigenvalue weighted by Crippen LogP contribution is -2.48. The number of nitrogens with two attached hydrogens (primary N) is 1. The molecule has 2 N–H and O–H groups in total. The van der Waals surface area contributed by atoms with Gasteiger partial charge in [-0.2, -0.15) is 11.8 Å². The Balaban J connectivity index is 2.24. The average molecular weight is 160 g/mol. The molecule has 0 saturated carbocycles. The van der Waals surface area contributed by atoms with E-state index in [2.05, 4.69) is 18.9 Å². The summed E-state index contributed by atoms with van der Waals surface area (Å²) in [6.07, 6.45) is 0. The Morgan fingerprint density at radius 2 is 2.30 bits per heavy atom. The van der Waals surface area contributed by atoms with Gasteiger partial charge in [0, 0.05) is 30.1 Å². The van der Waals surface area contributed by atoms with Crippen LogP contribution in [-0.4, -0.2) is 42.1 Å². The molecule has 1 atom stereocenters. The standard InChI is InChI=1S/C7H16N2S/c1-6(3-8)9(2)7-4-10-5-7/h6-7H,3-5,8H2,1-2H3. The number of thioether (sulfide) groups is 1. The van der Waals surface area contributed by atoms with Gasteiger partial charge < -0.3 is 5.73 Å². The maximum absolute atomic E-state index is 5.54. The Labute approximate surface area is 67.1 Å². The van der Waals surface area contributed by atoms with Crippen molar-refractivity contribution < 1.29 is 0 Å². The van der Waals surface area contributed by atoms with Gasteiger partial charge >= 0.3 is 0 Å². The van der Waals surface area contributed by atoms with Gasteiger partial charge in [0.2, 0.25) is 0 Å². The lowest BCUT2D eigenvalue weighted by molar-refractivity contribution is 0.211. The van der Waals surface area contributed by atoms with Gasteiger partial charge in [0.1, 0.15) is 0 Å². The number of hydrogen-bond donors (Lipinski definition) is 1. The normalized spacial score (nSPS) is 22.8. The van der Waals surface area contributed by atoms with Crippen molar-refractivity contribution in [2.45, 2.75) is 19.0 Å². The van der Waals surface area contributed by atoms with E-state index >= 15 is 0 Å². The third kappa shape index (κ3) is 1.65. The summed E-state index contributed by atoms with van der Waals surface area (Å²) in [5.41, 5.74) is 5.54. The summed E-state index contributed by atoms with van der Waals surface area (Å²) in [7, 11) is 2.17. The van der Waals surface area contributed by atoms with Crippen LogP contribution in [0.15, 0.2) is 0 Å². The van der Waals surface area contributed by atoms with Crippen molar-refractivity contribution in [2.75, 3.05) is 25.1 Å². The van der Waals surface area contributed by atoms with Crippen LogP contribution in [0.5, 0.6) is 0 Å². The van der Waals surface area contributed by atoms with Gasteiger partial charge in [-0.1, -0.05) is 0 Å². The largest absolute Gasteiger partial charge is 0.329 e. The second kappa shape index (κ2) is 3.60. The Hall–Kier alpha value is 0.270. The molecule has 0 bridgehead atoms. The molecular weight excluding hydrogens is 144 g/mol. The van der Waals surface area contributed by atoms with Gasteiger partial charge in [0.05, 0.1) is 0 Å². The van der Waals surface area contributed by atoms with E-state index in [1.165, 1.54) is 11.5 Å². The maximum Gasteiger partial charge on any atom is 0.0277 e. The minimum absolute atomic E-state index is 0.547. The molecule has 1 fully saturated rings. The predicted octanol–water partition coefficient (Wildman–Crippen LogP) is 0.381. The highest BCUT2D eigenvalue weighted by molar-refractivity contribution is 8.00. The number of likely N-dealkylation sites (N-methyl/N-ethyl adjacent to an activating group) is 1. The fourth-order valence-corrected chi connectivity index (χ4v) is 1.90. The molecule has 1 unspecified atom stereocenters. The molecular formula is C7H16N2S. The molecule has 0 aliphatic carbocycles. The molecule has 0 amide bonds. The van der Waals surface area contributed by atoms with Crippen LogP contribution in [0.2, 0.25) is 0 Å². The van der Waals surface area contributed by atoms with Gasteiger partial charge in [-0.05, 0) is 14.0 Å². The lowest BCUT2D eigenvalue weighted by atomic mass is 10.2. The maximum atomic E-state index is 5.54. The predicted molar refractivity (Wildman–Crippen MR) is 47.4 cm³/mol. The van der Waals surface area contributed by atoms with E-state index in [-0.39, 0.29) is 0 Å². The summed E-state index contributed by atoms with van der Waals surface area (Å²) in [4.78, 5) is 2.39. The van der Waals surface area contributed by atoms with Crippen LogP contribution < -0.4 is 5.73 Å². The Bertz CT molecular complexity index is 99.0. The first-order valence-electron chi connectivity index (χ1n) is 3.75. The van der Waals surface area contributed by atoms with Crippen molar-refractivity contribution in [3.8, 4) is 0 Å². The zero-order chi connectivity index (χ0) is 7.56. The lowest BCUT2D eigenvalue weighted by Gasteiger charge is -2.37. The van der Waals surface area contributed by atoms with E-state index in [0.717, 1.165) is 12.6 Å². The molecule has 0 radical (unpaired) electrons. The zero-order valence-electron chi connectivity index (χ0n) is 6.71. The van der Waals surface area contributed by atoms with Gasteiger partial charge in [0.15, 0.2) is 0 Å². The second-order valence-electron chi connectivity index (χ2n) is 2.94. The van der Waals surface area contributed by atoms with Crippen LogP contribution in [0, 0.1) is 0 Å². The van der Waals surface area contributed by atoms with Gasteiger partial charge in [-0.15, -0.1) is 0 Å². The molecule has 3 heteroatoms. The first-order chi connectivity index (χ1) is 4.75. The Morgan fingerprint density at radius 3 is 2.60 bits per heavy atom. The number of rotatable bonds is 3. The summed E-state index contributed by atoms with van der Waals surface area (Å²) in [6, 6.07) is 1.34. The van der Waals surface area contributed by atoms with Crippen LogP contribution >= 0.6 is 11.8 Å². The van der Waals surface area contributed by atoms with Gasteiger partial charge in [0.25, 0.3) is 0 Å². The quantitative estimate of drug-likeness (QED) is 0.647. The third-order valence-corrected chi connectivity index (χ3v) is 3.47. The van der Waals surface area contributed by atoms with Crippen molar-refractivity contribution in [1.82, 2.24) is 4.90 Å². The minimum atomic E-state index is 0.547. The summed E-state index contributed by atoms with van der Waals surface area (Å²) in [6.45, 7) is 2.96. The van der Waals surface area contributed by atoms with Crippen molar-refractivity contribution in [3.05, 3.63) is 0 Å². The molecule has 2 nitrogen and oxygen atoms in total. The van der Waals surface area contributed by atoms with Crippen molar-refractivity contribution in [3.63, 3.8) is 0 Å². The monoisotopic (exact) mass is 160 g/mol. The number of nitrogens with zero attached hydrogens (tertiary/aromatic N) is 1. The smallest absolute Gasteiger partial charge is 0.0277 e. The Morgan fingerprint density at radius 1 is 1.70 bits per heavy atom. The van der Waals surface area contributed by atoms with E-state index in [1.807, 2.05) is 11.8 Å². The Kier molecular flexibility index (Phi) is 3.01. The molecule has 1 rings (SSSR count). The number of hydrogen-bond acceptors (Lipinski definition) is 3. The summed E-state index contributed by atoms with van der Waals surface area (Å²) >= 11 is 2.02. The molecule has 0 aromatic carbocycles. The first kappa shape index (κ1) is 8.37. The van der Waals surface area contributed by atoms with Crippen molar-refractivity contribution in [2.24, 2.45) is 5.73 Å². The molecule has 60 valence electrons. The molecule has 10 heavy (non-hydrogen) atoms. The molecule has 0 aromatic heterocycles. The van der Waals surface area contributed by atoms with E-state index in [9.17, 15) is 0 Å². The molecule has 0 aromatic rings. The molecule has 1 saturated heterocycles. The van der Waals surface area contributed by atoms with E-state index < -0.39 is 0 Å². The molecule has 1 aliphatic heterocycles. The third-order valence-electron chi connectivity index (χ3n) is 2.23. The molecule has 1 heterocycles. The second-order valence-corrected chi connectivity index (χ2v) is 4.02.